The summed E-state index contributed by atoms with van der Waals surface area (Å²) < 4.78 is 12.3. The Morgan fingerprint density at radius 3 is 2.89 bits per heavy atom. The minimum absolute atomic E-state index is 0.772. The summed E-state index contributed by atoms with van der Waals surface area (Å²) in [5.74, 6) is 0.978. The van der Waals surface area contributed by atoms with Crippen LogP contribution in [0.2, 0.25) is 0 Å². The predicted octanol–water partition coefficient (Wildman–Crippen LogP) is 2.86. The molecule has 1 heterocycles. The van der Waals surface area contributed by atoms with Crippen LogP contribution in [0.4, 0.5) is 0 Å². The Labute approximate surface area is 117 Å². The molecule has 2 rings (SSSR count). The second-order valence-corrected chi connectivity index (χ2v) is 5.37. The van der Waals surface area contributed by atoms with Crippen molar-refractivity contribution in [2.75, 3.05) is 39.5 Å². The number of benzene rings is 1. The maximum absolute atomic E-state index is 5.82. The Balaban J connectivity index is 1.70. The number of hydrogen-bond acceptors (Lipinski definition) is 3. The average Bonchev–Trinajstić information content (AvgIpc) is 2.40. The van der Waals surface area contributed by atoms with Gasteiger partial charge in [-0.2, -0.15) is 0 Å². The molecule has 0 bridgehead atoms. The monoisotopic (exact) mass is 313 g/mol. The second-order valence-electron chi connectivity index (χ2n) is 4.52. The first kappa shape index (κ1) is 13.8. The van der Waals surface area contributed by atoms with Crippen molar-refractivity contribution in [1.29, 1.82) is 0 Å². The minimum Gasteiger partial charge on any atom is -0.493 e. The van der Waals surface area contributed by atoms with Gasteiger partial charge in [-0.15, -0.1) is 0 Å². The van der Waals surface area contributed by atoms with Crippen LogP contribution in [0.5, 0.6) is 5.75 Å². The maximum Gasteiger partial charge on any atom is 0.123 e. The lowest BCUT2D eigenvalue weighted by atomic mass is 10.2. The van der Waals surface area contributed by atoms with Crippen molar-refractivity contribution in [2.45, 2.75) is 13.3 Å². The van der Waals surface area contributed by atoms with Gasteiger partial charge in [-0.25, -0.2) is 0 Å². The van der Waals surface area contributed by atoms with Crippen molar-refractivity contribution in [3.05, 3.63) is 28.2 Å². The molecule has 0 radical (unpaired) electrons. The van der Waals surface area contributed by atoms with Gasteiger partial charge in [0, 0.05) is 29.7 Å². The highest BCUT2D eigenvalue weighted by Gasteiger charge is 2.09. The molecule has 0 aromatic heterocycles. The van der Waals surface area contributed by atoms with Crippen molar-refractivity contribution >= 4 is 15.9 Å². The van der Waals surface area contributed by atoms with E-state index < -0.39 is 0 Å². The first-order chi connectivity index (χ1) is 8.77. The lowest BCUT2D eigenvalue weighted by Gasteiger charge is -2.26. The smallest absolute Gasteiger partial charge is 0.123 e. The van der Waals surface area contributed by atoms with E-state index in [0.717, 1.165) is 56.1 Å². The van der Waals surface area contributed by atoms with Crippen LogP contribution in [0.1, 0.15) is 12.0 Å². The molecule has 0 unspecified atom stereocenters. The van der Waals surface area contributed by atoms with E-state index >= 15 is 0 Å². The Kier molecular flexibility index (Phi) is 5.47. The highest BCUT2D eigenvalue weighted by molar-refractivity contribution is 9.10. The van der Waals surface area contributed by atoms with E-state index in [1.165, 1.54) is 5.56 Å². The summed E-state index contributed by atoms with van der Waals surface area (Å²) in [5.41, 5.74) is 1.17. The van der Waals surface area contributed by atoms with E-state index in [0.29, 0.717) is 0 Å². The lowest BCUT2D eigenvalue weighted by Crippen LogP contribution is -2.37. The molecule has 0 N–H and O–H groups in total. The third kappa shape index (κ3) is 3.97. The molecular formula is C14H20BrNO2. The minimum atomic E-state index is 0.772. The summed E-state index contributed by atoms with van der Waals surface area (Å²) in [5, 5.41) is 0. The van der Waals surface area contributed by atoms with E-state index in [4.69, 9.17) is 9.47 Å². The lowest BCUT2D eigenvalue weighted by molar-refractivity contribution is 0.0358. The van der Waals surface area contributed by atoms with Gasteiger partial charge in [0.05, 0.1) is 19.8 Å². The molecule has 0 spiro atoms. The zero-order valence-electron chi connectivity index (χ0n) is 10.8. The summed E-state index contributed by atoms with van der Waals surface area (Å²) in [6.07, 6.45) is 1.06. The summed E-state index contributed by atoms with van der Waals surface area (Å²) in [6.45, 7) is 7.77. The van der Waals surface area contributed by atoms with Crippen LogP contribution in [-0.2, 0) is 4.74 Å². The van der Waals surface area contributed by atoms with Gasteiger partial charge in [0.15, 0.2) is 0 Å². The van der Waals surface area contributed by atoms with Gasteiger partial charge in [0.1, 0.15) is 5.75 Å². The quantitative estimate of drug-likeness (QED) is 0.780. The molecule has 0 atom stereocenters. The number of hydrogen-bond donors (Lipinski definition) is 0. The van der Waals surface area contributed by atoms with Gasteiger partial charge < -0.3 is 9.47 Å². The Morgan fingerprint density at radius 1 is 1.33 bits per heavy atom. The van der Waals surface area contributed by atoms with E-state index in [9.17, 15) is 0 Å². The van der Waals surface area contributed by atoms with Crippen molar-refractivity contribution in [1.82, 2.24) is 4.90 Å². The topological polar surface area (TPSA) is 21.7 Å². The van der Waals surface area contributed by atoms with Gasteiger partial charge >= 0.3 is 0 Å². The standard InChI is InChI=1S/C14H20BrNO2/c1-12-13(15)4-2-5-14(12)18-9-3-6-16-7-10-17-11-8-16/h2,4-5H,3,6-11H2,1H3. The largest absolute Gasteiger partial charge is 0.493 e. The highest BCUT2D eigenvalue weighted by Crippen LogP contribution is 2.25. The summed E-state index contributed by atoms with van der Waals surface area (Å²) in [7, 11) is 0. The van der Waals surface area contributed by atoms with E-state index in [1.54, 1.807) is 0 Å². The molecule has 18 heavy (non-hydrogen) atoms. The van der Waals surface area contributed by atoms with Gasteiger partial charge in [0.25, 0.3) is 0 Å². The normalized spacial score (nSPS) is 16.8. The van der Waals surface area contributed by atoms with Crippen molar-refractivity contribution in [2.24, 2.45) is 0 Å². The van der Waals surface area contributed by atoms with Crippen LogP contribution in [0, 0.1) is 6.92 Å². The third-order valence-corrected chi connectivity index (χ3v) is 4.06. The number of morpholine rings is 1. The van der Waals surface area contributed by atoms with Gasteiger partial charge in [-0.1, -0.05) is 22.0 Å². The van der Waals surface area contributed by atoms with Crippen LogP contribution in [0.25, 0.3) is 0 Å². The van der Waals surface area contributed by atoms with Crippen LogP contribution >= 0.6 is 15.9 Å². The second kappa shape index (κ2) is 7.12. The molecule has 0 aliphatic carbocycles. The van der Waals surface area contributed by atoms with Crippen molar-refractivity contribution in [3.8, 4) is 5.75 Å². The first-order valence-electron chi connectivity index (χ1n) is 6.45. The first-order valence-corrected chi connectivity index (χ1v) is 7.24. The average molecular weight is 314 g/mol. The third-order valence-electron chi connectivity index (χ3n) is 3.20. The molecule has 1 aromatic rings. The summed E-state index contributed by atoms with van der Waals surface area (Å²) >= 11 is 3.52. The summed E-state index contributed by atoms with van der Waals surface area (Å²) in [4.78, 5) is 2.43. The van der Waals surface area contributed by atoms with Crippen molar-refractivity contribution in [3.63, 3.8) is 0 Å². The van der Waals surface area contributed by atoms with Gasteiger partial charge in [-0.05, 0) is 25.5 Å². The maximum atomic E-state index is 5.82. The molecule has 1 fully saturated rings. The molecule has 0 saturated carbocycles. The van der Waals surface area contributed by atoms with Gasteiger partial charge in [-0.3, -0.25) is 4.90 Å². The van der Waals surface area contributed by atoms with E-state index in [-0.39, 0.29) is 0 Å². The van der Waals surface area contributed by atoms with E-state index in [1.807, 2.05) is 18.2 Å². The SMILES string of the molecule is Cc1c(Br)cccc1OCCCN1CCOCC1. The van der Waals surface area contributed by atoms with Crippen molar-refractivity contribution < 1.29 is 9.47 Å². The number of ether oxygens (including phenoxy) is 2. The fraction of sp³-hybridized carbons (Fsp3) is 0.571. The van der Waals surface area contributed by atoms with Crippen LogP contribution in [-0.4, -0.2) is 44.4 Å². The van der Waals surface area contributed by atoms with Crippen LogP contribution in [0.3, 0.4) is 0 Å². The molecule has 0 amide bonds. The number of rotatable bonds is 5. The zero-order valence-corrected chi connectivity index (χ0v) is 12.4. The fourth-order valence-electron chi connectivity index (χ4n) is 2.04. The molecule has 3 nitrogen and oxygen atoms in total. The predicted molar refractivity (Wildman–Crippen MR) is 76.3 cm³/mol. The Hall–Kier alpha value is -0.580. The summed E-state index contributed by atoms with van der Waals surface area (Å²) in [6, 6.07) is 6.07. The molecule has 100 valence electrons. The van der Waals surface area contributed by atoms with Gasteiger partial charge in [0.2, 0.25) is 0 Å². The molecule has 1 aliphatic rings. The Bertz CT molecular complexity index is 378. The molecule has 1 saturated heterocycles. The molecular weight excluding hydrogens is 294 g/mol. The number of halogens is 1. The van der Waals surface area contributed by atoms with E-state index in [2.05, 4.69) is 27.8 Å². The van der Waals surface area contributed by atoms with Crippen LogP contribution < -0.4 is 4.74 Å². The van der Waals surface area contributed by atoms with Crippen LogP contribution in [0.15, 0.2) is 22.7 Å². The molecule has 4 heteroatoms. The highest BCUT2D eigenvalue weighted by atomic mass is 79.9. The molecule has 1 aromatic carbocycles. The number of nitrogens with zero attached hydrogens (tertiary/aromatic N) is 1. The fourth-order valence-corrected chi connectivity index (χ4v) is 2.39. The molecule has 1 aliphatic heterocycles. The zero-order chi connectivity index (χ0) is 12.8. The Morgan fingerprint density at radius 2 is 2.11 bits per heavy atom.